The molecule has 1 aromatic carbocycles. The predicted octanol–water partition coefficient (Wildman–Crippen LogP) is 2.32. The van der Waals surface area contributed by atoms with Crippen LogP contribution in [0.2, 0.25) is 0 Å². The standard InChI is InChI=1S/C20H24FN3O4/c1-11-9-23(7-6-22(11)2)17-15(21)8-13-16(19(17)28-3)24(12-4-5-12)10-14(18(13)25)20(26)27/h8,10-12H,4-7,9H2,1-3H3,(H,26,27)/i2D3. The number of carboxylic acids is 1. The molecule has 1 saturated heterocycles. The lowest BCUT2D eigenvalue weighted by molar-refractivity contribution is 0.0695. The first-order chi connectivity index (χ1) is 14.5. The summed E-state index contributed by atoms with van der Waals surface area (Å²) in [7, 11) is 1.38. The summed E-state index contributed by atoms with van der Waals surface area (Å²) < 4.78 is 45.6. The summed E-state index contributed by atoms with van der Waals surface area (Å²) in [5, 5.41) is 9.39. The number of anilines is 1. The van der Waals surface area contributed by atoms with Crippen LogP contribution < -0.4 is 15.1 Å². The van der Waals surface area contributed by atoms with Crippen molar-refractivity contribution < 1.29 is 23.1 Å². The molecule has 1 aromatic heterocycles. The second-order valence-corrected chi connectivity index (χ2v) is 7.44. The Morgan fingerprint density at radius 1 is 1.39 bits per heavy atom. The quantitative estimate of drug-likeness (QED) is 0.861. The van der Waals surface area contributed by atoms with E-state index in [2.05, 4.69) is 0 Å². The molecule has 2 heterocycles. The number of carbonyl (C=O) groups is 1. The summed E-state index contributed by atoms with van der Waals surface area (Å²) in [6.07, 6.45) is 2.95. The van der Waals surface area contributed by atoms with E-state index in [0.717, 1.165) is 18.9 Å². The number of rotatable bonds is 4. The lowest BCUT2D eigenvalue weighted by Gasteiger charge is -2.39. The van der Waals surface area contributed by atoms with Crippen molar-refractivity contribution in [2.24, 2.45) is 0 Å². The fourth-order valence-corrected chi connectivity index (χ4v) is 3.88. The maximum Gasteiger partial charge on any atom is 0.341 e. The van der Waals surface area contributed by atoms with Crippen molar-refractivity contribution >= 4 is 22.6 Å². The summed E-state index contributed by atoms with van der Waals surface area (Å²) in [4.78, 5) is 27.5. The molecule has 7 nitrogen and oxygen atoms in total. The fourth-order valence-electron chi connectivity index (χ4n) is 3.88. The molecule has 2 fully saturated rings. The van der Waals surface area contributed by atoms with Crippen LogP contribution in [0.4, 0.5) is 10.1 Å². The van der Waals surface area contributed by atoms with E-state index in [1.807, 2.05) is 0 Å². The first-order valence-corrected chi connectivity index (χ1v) is 9.25. The van der Waals surface area contributed by atoms with Gasteiger partial charge in [0.05, 0.1) is 18.0 Å². The Morgan fingerprint density at radius 3 is 2.71 bits per heavy atom. The highest BCUT2D eigenvalue weighted by Crippen LogP contribution is 2.43. The maximum absolute atomic E-state index is 15.3. The molecule has 1 aliphatic carbocycles. The highest BCUT2D eigenvalue weighted by Gasteiger charge is 2.32. The van der Waals surface area contributed by atoms with Gasteiger partial charge in [-0.25, -0.2) is 9.18 Å². The van der Waals surface area contributed by atoms with E-state index in [1.54, 1.807) is 16.4 Å². The number of carboxylic acid groups (broad SMARTS) is 1. The van der Waals surface area contributed by atoms with E-state index in [0.29, 0.717) is 5.52 Å². The van der Waals surface area contributed by atoms with Gasteiger partial charge < -0.3 is 24.2 Å². The molecule has 2 aliphatic rings. The number of hydrogen-bond acceptors (Lipinski definition) is 5. The fraction of sp³-hybridized carbons (Fsp3) is 0.500. The number of nitrogens with zero attached hydrogens (tertiary/aromatic N) is 3. The Labute approximate surface area is 166 Å². The minimum Gasteiger partial charge on any atom is -0.492 e. The SMILES string of the molecule is [2H]C([2H])([2H])N1CCN(c2c(F)cc3c(=O)c(C(=O)O)cn(C4CC4)c3c2OC)CC1C. The molecule has 1 aliphatic heterocycles. The Kier molecular flexibility index (Phi) is 3.71. The van der Waals surface area contributed by atoms with Crippen LogP contribution in [-0.4, -0.2) is 60.3 Å². The monoisotopic (exact) mass is 392 g/mol. The zero-order valence-corrected chi connectivity index (χ0v) is 15.7. The van der Waals surface area contributed by atoms with Crippen LogP contribution in [0.1, 0.15) is 40.3 Å². The molecule has 2 aromatic rings. The van der Waals surface area contributed by atoms with Crippen LogP contribution in [0.15, 0.2) is 17.1 Å². The molecule has 0 bridgehead atoms. The van der Waals surface area contributed by atoms with E-state index in [4.69, 9.17) is 8.85 Å². The molecule has 28 heavy (non-hydrogen) atoms. The predicted molar refractivity (Wildman–Crippen MR) is 104 cm³/mol. The molecule has 0 spiro atoms. The molecular formula is C20H24FN3O4. The summed E-state index contributed by atoms with van der Waals surface area (Å²) in [6, 6.07) is 0.725. The normalized spacial score (nSPS) is 22.6. The molecule has 0 radical (unpaired) electrons. The average molecular weight is 392 g/mol. The van der Waals surface area contributed by atoms with Gasteiger partial charge in [0, 0.05) is 42.0 Å². The van der Waals surface area contributed by atoms with Crippen LogP contribution in [0.3, 0.4) is 0 Å². The zero-order valence-electron chi connectivity index (χ0n) is 18.7. The van der Waals surface area contributed by atoms with E-state index < -0.39 is 29.8 Å². The molecule has 0 amide bonds. The highest BCUT2D eigenvalue weighted by molar-refractivity contribution is 5.97. The first kappa shape index (κ1) is 15.3. The van der Waals surface area contributed by atoms with Gasteiger partial charge in [0.15, 0.2) is 11.6 Å². The number of ether oxygens (including phenoxy) is 1. The highest BCUT2D eigenvalue weighted by atomic mass is 19.1. The van der Waals surface area contributed by atoms with Crippen molar-refractivity contribution in [1.29, 1.82) is 0 Å². The first-order valence-electron chi connectivity index (χ1n) is 10.7. The Bertz CT molecular complexity index is 1110. The molecular weight excluding hydrogens is 365 g/mol. The smallest absolute Gasteiger partial charge is 0.341 e. The van der Waals surface area contributed by atoms with Gasteiger partial charge in [-0.1, -0.05) is 0 Å². The summed E-state index contributed by atoms with van der Waals surface area (Å²) in [5.74, 6) is -1.91. The Balaban J connectivity index is 1.89. The van der Waals surface area contributed by atoms with Gasteiger partial charge >= 0.3 is 5.97 Å². The van der Waals surface area contributed by atoms with Crippen molar-refractivity contribution in [2.45, 2.75) is 31.8 Å². The number of piperazine rings is 1. The van der Waals surface area contributed by atoms with Crippen LogP contribution in [0.25, 0.3) is 10.9 Å². The number of hydrogen-bond donors (Lipinski definition) is 1. The molecule has 8 heteroatoms. The molecule has 1 unspecified atom stereocenters. The Hall–Kier alpha value is -2.61. The maximum atomic E-state index is 15.3. The van der Waals surface area contributed by atoms with E-state index in [-0.39, 0.29) is 48.5 Å². The molecule has 1 N–H and O–H groups in total. The van der Waals surface area contributed by atoms with Gasteiger partial charge in [-0.05, 0) is 32.8 Å². The second-order valence-electron chi connectivity index (χ2n) is 7.44. The zero-order chi connectivity index (χ0) is 22.7. The van der Waals surface area contributed by atoms with Crippen molar-refractivity contribution in [3.8, 4) is 5.75 Å². The van der Waals surface area contributed by atoms with Crippen molar-refractivity contribution in [1.82, 2.24) is 9.47 Å². The van der Waals surface area contributed by atoms with Gasteiger partial charge in [0.1, 0.15) is 11.3 Å². The minimum atomic E-state index is -2.24. The molecule has 1 saturated carbocycles. The third kappa shape index (κ3) is 2.92. The number of likely N-dealkylation sites (N-methyl/N-ethyl adjacent to an activating group) is 1. The van der Waals surface area contributed by atoms with Gasteiger partial charge in [-0.2, -0.15) is 0 Å². The summed E-state index contributed by atoms with van der Waals surface area (Å²) in [6.45, 7) is 0.270. The van der Waals surface area contributed by atoms with Crippen molar-refractivity contribution in [3.63, 3.8) is 0 Å². The number of pyridine rings is 1. The number of halogens is 1. The lowest BCUT2D eigenvalue weighted by atomic mass is 10.1. The van der Waals surface area contributed by atoms with Gasteiger partial charge in [0.2, 0.25) is 5.43 Å². The minimum absolute atomic E-state index is 0.0137. The third-order valence-electron chi connectivity index (χ3n) is 5.52. The number of aromatic nitrogens is 1. The summed E-state index contributed by atoms with van der Waals surface area (Å²) >= 11 is 0. The largest absolute Gasteiger partial charge is 0.492 e. The van der Waals surface area contributed by atoms with Crippen molar-refractivity contribution in [3.05, 3.63) is 33.9 Å². The van der Waals surface area contributed by atoms with Crippen molar-refractivity contribution in [2.75, 3.05) is 38.6 Å². The van der Waals surface area contributed by atoms with Crippen LogP contribution >= 0.6 is 0 Å². The molecule has 150 valence electrons. The number of aromatic carboxylic acids is 1. The summed E-state index contributed by atoms with van der Waals surface area (Å²) in [5.41, 5.74) is -0.650. The van der Waals surface area contributed by atoms with Gasteiger partial charge in [0.25, 0.3) is 0 Å². The molecule has 4 rings (SSSR count). The Morgan fingerprint density at radius 2 is 2.14 bits per heavy atom. The average Bonchev–Trinajstić information content (AvgIpc) is 3.51. The second kappa shape index (κ2) is 6.77. The van der Waals surface area contributed by atoms with Crippen LogP contribution in [0, 0.1) is 5.82 Å². The molecule has 1 atom stereocenters. The third-order valence-corrected chi connectivity index (χ3v) is 5.52. The van der Waals surface area contributed by atoms with E-state index in [9.17, 15) is 14.7 Å². The van der Waals surface area contributed by atoms with Crippen LogP contribution in [0.5, 0.6) is 5.75 Å². The number of fused-ring (bicyclic) bond motifs is 1. The van der Waals surface area contributed by atoms with Crippen LogP contribution in [-0.2, 0) is 0 Å². The van der Waals surface area contributed by atoms with Gasteiger partial charge in [-0.15, -0.1) is 0 Å². The lowest BCUT2D eigenvalue weighted by Crippen LogP contribution is -2.50. The van der Waals surface area contributed by atoms with E-state index >= 15 is 4.39 Å². The van der Waals surface area contributed by atoms with Gasteiger partial charge in [-0.3, -0.25) is 4.79 Å². The van der Waals surface area contributed by atoms with E-state index in [1.165, 1.54) is 18.2 Å². The number of benzene rings is 1. The topological polar surface area (TPSA) is 75.0 Å². The number of methoxy groups -OCH3 is 1.